The zero-order valence-electron chi connectivity index (χ0n) is 19.1. The van der Waals surface area contributed by atoms with Crippen molar-refractivity contribution in [1.82, 2.24) is 5.32 Å². The highest BCUT2D eigenvalue weighted by molar-refractivity contribution is 7.08. The van der Waals surface area contributed by atoms with Crippen molar-refractivity contribution in [2.75, 3.05) is 32.8 Å². The molecule has 3 saturated heterocycles. The van der Waals surface area contributed by atoms with Crippen molar-refractivity contribution >= 4 is 17.4 Å². The summed E-state index contributed by atoms with van der Waals surface area (Å²) in [6, 6.07) is 17.7. The van der Waals surface area contributed by atoms with Crippen LogP contribution in [0.25, 0.3) is 0 Å². The smallest absolute Gasteiger partial charge is 0.408 e. The number of alkyl carbamates (subject to hydrolysis) is 1. The van der Waals surface area contributed by atoms with E-state index in [4.69, 9.17) is 9.47 Å². The van der Waals surface area contributed by atoms with Crippen LogP contribution in [0.4, 0.5) is 9.18 Å². The van der Waals surface area contributed by atoms with Gasteiger partial charge in [-0.15, -0.1) is 0 Å². The molecule has 0 aliphatic carbocycles. The molecule has 3 aliphatic rings. The summed E-state index contributed by atoms with van der Waals surface area (Å²) in [5.74, 6) is 0.959. The van der Waals surface area contributed by atoms with Gasteiger partial charge in [0.05, 0.1) is 19.1 Å². The average Bonchev–Trinajstić information content (AvgIpc) is 3.39. The molecule has 1 aromatic heterocycles. The topological polar surface area (TPSA) is 47.6 Å². The van der Waals surface area contributed by atoms with Crippen LogP contribution >= 0.6 is 11.3 Å². The highest BCUT2D eigenvalue weighted by Gasteiger charge is 2.47. The molecule has 7 heteroatoms. The van der Waals surface area contributed by atoms with E-state index in [9.17, 15) is 9.18 Å². The molecule has 1 amide bonds. The van der Waals surface area contributed by atoms with Crippen molar-refractivity contribution in [3.63, 3.8) is 0 Å². The molecule has 5 nitrogen and oxygen atoms in total. The first-order valence-corrected chi connectivity index (χ1v) is 12.8. The standard InChI is InChI=1S/C27H29FN2O3S/c28-23-6-4-5-21(17-23)26(22-11-16-34-19-22)29-27(31)33-25-18-30(12-9-20(25)10-13-30)14-15-32-24-7-2-1-3-8-24/h1-8,11,16-17,19-20,25-26H,9-10,12-15,18H2/p+1/t20?,25-,26?,30?/m0/s1. The molecule has 4 heterocycles. The van der Waals surface area contributed by atoms with E-state index in [-0.39, 0.29) is 11.9 Å². The molecule has 0 radical (unpaired) electrons. The fourth-order valence-corrected chi connectivity index (χ4v) is 6.00. The summed E-state index contributed by atoms with van der Waals surface area (Å²) in [6.45, 7) is 4.58. The largest absolute Gasteiger partial charge is 0.488 e. The molecule has 1 N–H and O–H groups in total. The summed E-state index contributed by atoms with van der Waals surface area (Å²) < 4.78 is 26.8. The number of amides is 1. The fourth-order valence-electron chi connectivity index (χ4n) is 5.32. The third kappa shape index (κ3) is 5.26. The molecule has 2 aromatic carbocycles. The zero-order valence-corrected chi connectivity index (χ0v) is 19.9. The van der Waals surface area contributed by atoms with Gasteiger partial charge in [0.25, 0.3) is 0 Å². The minimum Gasteiger partial charge on any atom is -0.488 e. The van der Waals surface area contributed by atoms with E-state index >= 15 is 0 Å². The number of quaternary nitrogens is 1. The maximum atomic E-state index is 13.9. The van der Waals surface area contributed by atoms with E-state index in [1.54, 1.807) is 17.4 Å². The Kier molecular flexibility index (Phi) is 6.83. The SMILES string of the molecule is O=C(NC(c1ccsc1)c1cccc(F)c1)O[C@H]1C[N+]2(CCOc3ccccc3)CCC1CC2. The van der Waals surface area contributed by atoms with Crippen LogP contribution in [-0.2, 0) is 4.74 Å². The van der Waals surface area contributed by atoms with E-state index in [0.29, 0.717) is 18.1 Å². The van der Waals surface area contributed by atoms with E-state index in [0.717, 1.165) is 54.8 Å². The van der Waals surface area contributed by atoms with E-state index < -0.39 is 12.1 Å². The third-order valence-corrected chi connectivity index (χ3v) is 7.90. The average molecular weight is 482 g/mol. The number of ether oxygens (including phenoxy) is 2. The van der Waals surface area contributed by atoms with E-state index in [1.165, 1.54) is 12.1 Å². The van der Waals surface area contributed by atoms with Crippen LogP contribution < -0.4 is 10.1 Å². The van der Waals surface area contributed by atoms with Crippen molar-refractivity contribution < 1.29 is 23.1 Å². The molecule has 6 rings (SSSR count). The molecule has 3 aliphatic heterocycles. The lowest BCUT2D eigenvalue weighted by molar-refractivity contribution is -0.946. The second-order valence-corrected chi connectivity index (χ2v) is 10.1. The van der Waals surface area contributed by atoms with Gasteiger partial charge in [-0.2, -0.15) is 11.3 Å². The number of benzene rings is 2. The minimum absolute atomic E-state index is 0.116. The Labute approximate surface area is 203 Å². The normalized spacial score (nSPS) is 24.4. The molecular weight excluding hydrogens is 451 g/mol. The van der Waals surface area contributed by atoms with Gasteiger partial charge in [0.15, 0.2) is 6.10 Å². The van der Waals surface area contributed by atoms with E-state index in [1.807, 2.05) is 53.2 Å². The maximum Gasteiger partial charge on any atom is 0.408 e. The first-order chi connectivity index (χ1) is 16.6. The second kappa shape index (κ2) is 10.2. The zero-order chi connectivity index (χ0) is 23.4. The Morgan fingerprint density at radius 2 is 1.91 bits per heavy atom. The third-order valence-electron chi connectivity index (χ3n) is 7.20. The predicted molar refractivity (Wildman–Crippen MR) is 130 cm³/mol. The Bertz CT molecular complexity index is 1080. The predicted octanol–water partition coefficient (Wildman–Crippen LogP) is 5.39. The summed E-state index contributed by atoms with van der Waals surface area (Å²) in [5.41, 5.74) is 1.62. The summed E-state index contributed by atoms with van der Waals surface area (Å²) >= 11 is 1.54. The van der Waals surface area contributed by atoms with Gasteiger partial charge in [-0.25, -0.2) is 9.18 Å². The summed E-state index contributed by atoms with van der Waals surface area (Å²) in [6.07, 6.45) is 1.55. The first kappa shape index (κ1) is 22.9. The monoisotopic (exact) mass is 481 g/mol. The summed E-state index contributed by atoms with van der Waals surface area (Å²) in [5, 5.41) is 6.92. The molecule has 0 spiro atoms. The number of carbonyl (C=O) groups is 1. The highest BCUT2D eigenvalue weighted by Crippen LogP contribution is 2.36. The summed E-state index contributed by atoms with van der Waals surface area (Å²) in [7, 11) is 0. The number of nitrogens with zero attached hydrogens (tertiary/aromatic N) is 1. The van der Waals surface area contributed by atoms with Crippen LogP contribution in [0.5, 0.6) is 5.75 Å². The number of nitrogens with one attached hydrogen (secondary N) is 1. The number of rotatable bonds is 8. The van der Waals surface area contributed by atoms with Crippen LogP contribution in [0.2, 0.25) is 0 Å². The van der Waals surface area contributed by atoms with Gasteiger partial charge in [-0.05, 0) is 52.2 Å². The summed E-state index contributed by atoms with van der Waals surface area (Å²) in [4.78, 5) is 13.0. The molecule has 34 heavy (non-hydrogen) atoms. The van der Waals surface area contributed by atoms with Crippen LogP contribution in [0.15, 0.2) is 71.4 Å². The van der Waals surface area contributed by atoms with E-state index in [2.05, 4.69) is 5.32 Å². The lowest BCUT2D eigenvalue weighted by Crippen LogP contribution is -2.65. The molecule has 1 unspecified atom stereocenters. The van der Waals surface area contributed by atoms with Crippen LogP contribution in [0.3, 0.4) is 0 Å². The van der Waals surface area contributed by atoms with Crippen LogP contribution in [-0.4, -0.2) is 49.5 Å². The van der Waals surface area contributed by atoms with Crippen LogP contribution in [0, 0.1) is 11.7 Å². The van der Waals surface area contributed by atoms with Gasteiger partial charge in [0.1, 0.15) is 31.3 Å². The Balaban J connectivity index is 1.21. The maximum absolute atomic E-state index is 13.9. The highest BCUT2D eigenvalue weighted by atomic mass is 32.1. The van der Waals surface area contributed by atoms with Crippen molar-refractivity contribution in [1.29, 1.82) is 0 Å². The van der Waals surface area contributed by atoms with Gasteiger partial charge >= 0.3 is 6.09 Å². The fraction of sp³-hybridized carbons (Fsp3) is 0.370. The van der Waals surface area contributed by atoms with Gasteiger partial charge < -0.3 is 19.3 Å². The molecule has 3 aromatic rings. The molecule has 2 atom stereocenters. The lowest BCUT2D eigenvalue weighted by Gasteiger charge is -2.51. The molecule has 3 fully saturated rings. The number of carbonyl (C=O) groups excluding carboxylic acids is 1. The Morgan fingerprint density at radius 3 is 2.65 bits per heavy atom. The van der Waals surface area contributed by atoms with Crippen molar-refractivity contribution in [2.24, 2.45) is 5.92 Å². The number of piperidine rings is 3. The van der Waals surface area contributed by atoms with Gasteiger partial charge in [-0.3, -0.25) is 0 Å². The number of thiophene rings is 1. The Morgan fingerprint density at radius 1 is 1.09 bits per heavy atom. The molecular formula is C27H30FN2O3S+. The minimum atomic E-state index is -0.446. The number of hydrogen-bond donors (Lipinski definition) is 1. The van der Waals surface area contributed by atoms with Gasteiger partial charge in [0, 0.05) is 18.8 Å². The molecule has 2 bridgehead atoms. The number of fused-ring (bicyclic) bond motifs is 3. The lowest BCUT2D eigenvalue weighted by atomic mass is 9.83. The first-order valence-electron chi connectivity index (χ1n) is 11.9. The number of hydrogen-bond acceptors (Lipinski definition) is 4. The van der Waals surface area contributed by atoms with Crippen molar-refractivity contribution in [2.45, 2.75) is 25.0 Å². The van der Waals surface area contributed by atoms with Gasteiger partial charge in [0.2, 0.25) is 0 Å². The van der Waals surface area contributed by atoms with Crippen molar-refractivity contribution in [3.8, 4) is 5.75 Å². The van der Waals surface area contributed by atoms with Gasteiger partial charge in [-0.1, -0.05) is 30.3 Å². The number of para-hydroxylation sites is 1. The van der Waals surface area contributed by atoms with Crippen molar-refractivity contribution in [3.05, 3.63) is 88.4 Å². The van der Waals surface area contributed by atoms with Crippen LogP contribution in [0.1, 0.15) is 30.0 Å². The Hall–Kier alpha value is -2.90. The quantitative estimate of drug-likeness (QED) is 0.439. The number of halogens is 1. The molecule has 0 saturated carbocycles. The molecule has 178 valence electrons. The second-order valence-electron chi connectivity index (χ2n) is 9.33.